The van der Waals surface area contributed by atoms with Gasteiger partial charge in [0, 0.05) is 13.1 Å². The summed E-state index contributed by atoms with van der Waals surface area (Å²) in [6.07, 6.45) is 1.88. The molecule has 0 heterocycles. The third-order valence-corrected chi connectivity index (χ3v) is 3.59. The van der Waals surface area contributed by atoms with E-state index in [1.54, 1.807) is 29.2 Å². The topological polar surface area (TPSA) is 69.6 Å². The van der Waals surface area contributed by atoms with Crippen molar-refractivity contribution in [3.8, 4) is 0 Å². The van der Waals surface area contributed by atoms with Gasteiger partial charge in [-0.25, -0.2) is 9.59 Å². The van der Waals surface area contributed by atoms with Crippen molar-refractivity contribution in [2.24, 2.45) is 0 Å². The Morgan fingerprint density at radius 1 is 1.24 bits per heavy atom. The summed E-state index contributed by atoms with van der Waals surface area (Å²) in [5.41, 5.74) is -0.879. The molecule has 0 radical (unpaired) electrons. The number of hydrogen-bond acceptors (Lipinski definition) is 2. The third kappa shape index (κ3) is 4.21. The molecule has 1 unspecified atom stereocenters. The highest BCUT2D eigenvalue weighted by molar-refractivity contribution is 5.87. The first-order valence-electron chi connectivity index (χ1n) is 7.31. The van der Waals surface area contributed by atoms with E-state index in [0.717, 1.165) is 12.8 Å². The maximum absolute atomic E-state index is 12.3. The number of carboxylic acids is 1. The van der Waals surface area contributed by atoms with Crippen LogP contribution in [0.15, 0.2) is 30.3 Å². The zero-order chi connectivity index (χ0) is 15.9. The maximum atomic E-state index is 12.3. The van der Waals surface area contributed by atoms with Gasteiger partial charge in [-0.15, -0.1) is 0 Å². The highest BCUT2D eigenvalue weighted by atomic mass is 16.4. The summed E-state index contributed by atoms with van der Waals surface area (Å²) in [6.45, 7) is 6.63. The van der Waals surface area contributed by atoms with Gasteiger partial charge in [0.1, 0.15) is 0 Å². The number of urea groups is 1. The average Bonchev–Trinajstić information content (AvgIpc) is 2.48. The van der Waals surface area contributed by atoms with Gasteiger partial charge in [0.2, 0.25) is 0 Å². The van der Waals surface area contributed by atoms with Crippen molar-refractivity contribution in [3.63, 3.8) is 0 Å². The second kappa shape index (κ2) is 7.67. The van der Waals surface area contributed by atoms with Crippen molar-refractivity contribution >= 4 is 12.0 Å². The lowest BCUT2D eigenvalue weighted by Gasteiger charge is -2.30. The largest absolute Gasteiger partial charge is 0.479 e. The fourth-order valence-electron chi connectivity index (χ4n) is 2.07. The minimum atomic E-state index is -1.43. The van der Waals surface area contributed by atoms with Crippen molar-refractivity contribution in [3.05, 3.63) is 35.9 Å². The Hall–Kier alpha value is -2.04. The number of nitrogens with zero attached hydrogens (tertiary/aromatic N) is 1. The number of rotatable bonds is 7. The number of aliphatic carboxylic acids is 1. The van der Waals surface area contributed by atoms with Crippen LogP contribution >= 0.6 is 0 Å². The van der Waals surface area contributed by atoms with Crippen LogP contribution in [0.25, 0.3) is 0 Å². The van der Waals surface area contributed by atoms with Gasteiger partial charge in [0.05, 0.1) is 0 Å². The van der Waals surface area contributed by atoms with E-state index in [4.69, 9.17) is 0 Å². The van der Waals surface area contributed by atoms with Gasteiger partial charge >= 0.3 is 12.0 Å². The fraction of sp³-hybridized carbons (Fsp3) is 0.500. The first-order chi connectivity index (χ1) is 9.95. The number of benzene rings is 1. The van der Waals surface area contributed by atoms with Gasteiger partial charge in [0.25, 0.3) is 0 Å². The number of carbonyl (C=O) groups excluding carboxylic acids is 1. The lowest BCUT2D eigenvalue weighted by molar-refractivity contribution is -0.144. The molecule has 0 aliphatic carbocycles. The van der Waals surface area contributed by atoms with E-state index in [1.807, 2.05) is 13.0 Å². The van der Waals surface area contributed by atoms with Gasteiger partial charge in [-0.05, 0) is 25.8 Å². The molecule has 2 amide bonds. The van der Waals surface area contributed by atoms with Gasteiger partial charge < -0.3 is 15.3 Å². The first kappa shape index (κ1) is 17.0. The van der Waals surface area contributed by atoms with E-state index >= 15 is 0 Å². The highest BCUT2D eigenvalue weighted by Crippen LogP contribution is 2.21. The summed E-state index contributed by atoms with van der Waals surface area (Å²) in [7, 11) is 0. The Morgan fingerprint density at radius 2 is 1.86 bits per heavy atom. The van der Waals surface area contributed by atoms with Gasteiger partial charge in [-0.1, -0.05) is 43.7 Å². The molecule has 5 heteroatoms. The van der Waals surface area contributed by atoms with E-state index in [0.29, 0.717) is 18.7 Å². The summed E-state index contributed by atoms with van der Waals surface area (Å²) < 4.78 is 0. The minimum Gasteiger partial charge on any atom is -0.479 e. The lowest BCUT2D eigenvalue weighted by Crippen LogP contribution is -2.54. The Bertz CT molecular complexity index is 476. The van der Waals surface area contributed by atoms with E-state index in [1.165, 1.54) is 6.92 Å². The number of amides is 2. The summed E-state index contributed by atoms with van der Waals surface area (Å²) in [5.74, 6) is -1.08. The molecular formula is C16H24N2O3. The standard InChI is InChI=1S/C16H24N2O3/c1-4-6-12-18(5-2)15(21)17-16(3,14(19)20)13-10-8-7-9-11-13/h7-11H,4-6,12H2,1-3H3,(H,17,21)(H,19,20). The number of unbranched alkanes of at least 4 members (excludes halogenated alkanes) is 1. The van der Waals surface area contributed by atoms with Crippen LogP contribution in [0.1, 0.15) is 39.2 Å². The Morgan fingerprint density at radius 3 is 2.33 bits per heavy atom. The summed E-state index contributed by atoms with van der Waals surface area (Å²) in [5, 5.41) is 12.2. The molecule has 0 spiro atoms. The SMILES string of the molecule is CCCCN(CC)C(=O)NC(C)(C(=O)O)c1ccccc1. The zero-order valence-corrected chi connectivity index (χ0v) is 12.9. The predicted octanol–water partition coefficient (Wildman–Crippen LogP) is 2.82. The lowest BCUT2D eigenvalue weighted by atomic mass is 9.92. The molecule has 0 bridgehead atoms. The molecule has 5 nitrogen and oxygen atoms in total. The molecule has 1 atom stereocenters. The molecule has 1 aromatic rings. The smallest absolute Gasteiger partial charge is 0.333 e. The summed E-state index contributed by atoms with van der Waals surface area (Å²) in [4.78, 5) is 25.6. The van der Waals surface area contributed by atoms with E-state index in [2.05, 4.69) is 12.2 Å². The molecule has 0 saturated carbocycles. The molecule has 0 aliphatic rings. The maximum Gasteiger partial charge on any atom is 0.333 e. The molecule has 1 aromatic carbocycles. The van der Waals surface area contributed by atoms with Gasteiger partial charge in [-0.3, -0.25) is 0 Å². The number of carbonyl (C=O) groups is 2. The molecule has 0 aromatic heterocycles. The Kier molecular flexibility index (Phi) is 6.21. The third-order valence-electron chi connectivity index (χ3n) is 3.59. The molecule has 0 saturated heterocycles. The molecule has 116 valence electrons. The summed E-state index contributed by atoms with van der Waals surface area (Å²) >= 11 is 0. The van der Waals surface area contributed by atoms with Crippen LogP contribution in [0.5, 0.6) is 0 Å². The summed E-state index contributed by atoms with van der Waals surface area (Å²) in [6, 6.07) is 8.40. The van der Waals surface area contributed by atoms with Crippen molar-refractivity contribution in [2.45, 2.75) is 39.2 Å². The average molecular weight is 292 g/mol. The second-order valence-electron chi connectivity index (χ2n) is 5.16. The van der Waals surface area contributed by atoms with Crippen molar-refractivity contribution < 1.29 is 14.7 Å². The molecule has 1 rings (SSSR count). The molecule has 21 heavy (non-hydrogen) atoms. The van der Waals surface area contributed by atoms with Crippen LogP contribution in [0, 0.1) is 0 Å². The van der Waals surface area contributed by atoms with Crippen molar-refractivity contribution in [2.75, 3.05) is 13.1 Å². The van der Waals surface area contributed by atoms with Crippen LogP contribution in [-0.4, -0.2) is 35.1 Å². The second-order valence-corrected chi connectivity index (χ2v) is 5.16. The van der Waals surface area contributed by atoms with Gasteiger partial charge in [-0.2, -0.15) is 0 Å². The van der Waals surface area contributed by atoms with E-state index < -0.39 is 11.5 Å². The molecule has 0 fully saturated rings. The normalized spacial score (nSPS) is 13.3. The monoisotopic (exact) mass is 292 g/mol. The molecule has 0 aliphatic heterocycles. The number of hydrogen-bond donors (Lipinski definition) is 2. The quantitative estimate of drug-likeness (QED) is 0.812. The van der Waals surface area contributed by atoms with E-state index in [9.17, 15) is 14.7 Å². The van der Waals surface area contributed by atoms with Gasteiger partial charge in [0.15, 0.2) is 5.54 Å². The van der Waals surface area contributed by atoms with Crippen LogP contribution in [0.2, 0.25) is 0 Å². The minimum absolute atomic E-state index is 0.347. The highest BCUT2D eigenvalue weighted by Gasteiger charge is 2.37. The predicted molar refractivity (Wildman–Crippen MR) is 82.1 cm³/mol. The van der Waals surface area contributed by atoms with Crippen LogP contribution < -0.4 is 5.32 Å². The molecule has 2 N–H and O–H groups in total. The first-order valence-corrected chi connectivity index (χ1v) is 7.31. The van der Waals surface area contributed by atoms with Crippen molar-refractivity contribution in [1.29, 1.82) is 0 Å². The van der Waals surface area contributed by atoms with E-state index in [-0.39, 0.29) is 6.03 Å². The zero-order valence-electron chi connectivity index (χ0n) is 12.9. The van der Waals surface area contributed by atoms with Crippen molar-refractivity contribution in [1.82, 2.24) is 10.2 Å². The Labute approximate surface area is 126 Å². The Balaban J connectivity index is 2.93. The number of carboxylic acid groups (broad SMARTS) is 1. The van der Waals surface area contributed by atoms with Crippen LogP contribution in [0.3, 0.4) is 0 Å². The van der Waals surface area contributed by atoms with Crippen LogP contribution in [-0.2, 0) is 10.3 Å². The number of nitrogens with one attached hydrogen (secondary N) is 1. The molecular weight excluding hydrogens is 268 g/mol. The fourth-order valence-corrected chi connectivity index (χ4v) is 2.07. The van der Waals surface area contributed by atoms with Crippen LogP contribution in [0.4, 0.5) is 4.79 Å².